The van der Waals surface area contributed by atoms with E-state index >= 15 is 0 Å². The smallest absolute Gasteiger partial charge is 0.138 e. The molecule has 1 aromatic rings. The van der Waals surface area contributed by atoms with Crippen LogP contribution in [-0.2, 0) is 5.75 Å². The van der Waals surface area contributed by atoms with Crippen LogP contribution in [0.15, 0.2) is 0 Å². The van der Waals surface area contributed by atoms with Crippen molar-refractivity contribution in [1.29, 1.82) is 0 Å². The molecule has 0 spiro atoms. The van der Waals surface area contributed by atoms with E-state index in [1.807, 2.05) is 11.8 Å². The van der Waals surface area contributed by atoms with Gasteiger partial charge >= 0.3 is 0 Å². The fourth-order valence-corrected chi connectivity index (χ4v) is 3.19. The van der Waals surface area contributed by atoms with Gasteiger partial charge in [-0.05, 0) is 58.3 Å². The second-order valence-corrected chi connectivity index (χ2v) is 7.91. The molecule has 21 heavy (non-hydrogen) atoms. The molecule has 1 unspecified atom stereocenters. The van der Waals surface area contributed by atoms with Gasteiger partial charge in [0.2, 0.25) is 0 Å². The van der Waals surface area contributed by atoms with Crippen molar-refractivity contribution in [3.8, 4) is 0 Å². The predicted molar refractivity (Wildman–Crippen MR) is 94.1 cm³/mol. The van der Waals surface area contributed by atoms with Crippen molar-refractivity contribution in [2.75, 3.05) is 12.3 Å². The molecule has 1 N–H and O–H groups in total. The first kappa shape index (κ1) is 18.4. The van der Waals surface area contributed by atoms with Crippen LogP contribution in [0.2, 0.25) is 0 Å². The third kappa shape index (κ3) is 6.35. The zero-order valence-electron chi connectivity index (χ0n) is 14.7. The maximum Gasteiger partial charge on any atom is 0.138 e. The van der Waals surface area contributed by atoms with Crippen LogP contribution in [0.3, 0.4) is 0 Å². The van der Waals surface area contributed by atoms with Gasteiger partial charge in [-0.25, -0.2) is 9.97 Å². The molecule has 0 bridgehead atoms. The largest absolute Gasteiger partial charge is 0.311 e. The number of thioether (sulfide) groups is 1. The summed E-state index contributed by atoms with van der Waals surface area (Å²) in [5.41, 5.74) is 3.72. The van der Waals surface area contributed by atoms with E-state index in [2.05, 4.69) is 53.8 Å². The fraction of sp³-hybridized carbons (Fsp3) is 0.765. The number of nitrogens with zero attached hydrogens (tertiary/aromatic N) is 2. The van der Waals surface area contributed by atoms with E-state index in [4.69, 9.17) is 9.97 Å². The normalized spacial score (nSPS) is 13.5. The number of rotatable bonds is 7. The van der Waals surface area contributed by atoms with Gasteiger partial charge in [-0.3, -0.25) is 0 Å². The first-order valence-electron chi connectivity index (χ1n) is 7.91. The van der Waals surface area contributed by atoms with Crippen molar-refractivity contribution in [2.45, 2.75) is 72.1 Å². The van der Waals surface area contributed by atoms with Gasteiger partial charge in [0.1, 0.15) is 5.82 Å². The van der Waals surface area contributed by atoms with Crippen LogP contribution in [0.5, 0.6) is 0 Å². The van der Waals surface area contributed by atoms with Crippen molar-refractivity contribution >= 4 is 11.8 Å². The summed E-state index contributed by atoms with van der Waals surface area (Å²) in [5, 5.41) is 3.57. The molecule has 0 aliphatic rings. The predicted octanol–water partition coefficient (Wildman–Crippen LogP) is 4.23. The van der Waals surface area contributed by atoms with Gasteiger partial charge in [-0.2, -0.15) is 11.8 Å². The highest BCUT2D eigenvalue weighted by molar-refractivity contribution is 7.98. The van der Waals surface area contributed by atoms with Gasteiger partial charge in [0.05, 0.1) is 5.75 Å². The lowest BCUT2D eigenvalue weighted by Crippen LogP contribution is -2.38. The fourth-order valence-electron chi connectivity index (χ4n) is 2.44. The highest BCUT2D eigenvalue weighted by Crippen LogP contribution is 2.22. The van der Waals surface area contributed by atoms with Crippen LogP contribution < -0.4 is 5.32 Å². The van der Waals surface area contributed by atoms with Crippen molar-refractivity contribution in [1.82, 2.24) is 15.3 Å². The van der Waals surface area contributed by atoms with Crippen LogP contribution in [-0.4, -0.2) is 27.8 Å². The van der Waals surface area contributed by atoms with E-state index in [1.165, 1.54) is 17.7 Å². The van der Waals surface area contributed by atoms with Crippen LogP contribution >= 0.6 is 11.8 Å². The van der Waals surface area contributed by atoms with Crippen LogP contribution in [0.4, 0.5) is 0 Å². The third-order valence-corrected chi connectivity index (χ3v) is 4.54. The lowest BCUT2D eigenvalue weighted by molar-refractivity contribution is 0.411. The molecule has 0 saturated carbocycles. The van der Waals surface area contributed by atoms with Gasteiger partial charge in [0, 0.05) is 23.5 Å². The van der Waals surface area contributed by atoms with Crippen molar-refractivity contribution < 1.29 is 0 Å². The van der Waals surface area contributed by atoms with Crippen LogP contribution in [0, 0.1) is 13.8 Å². The highest BCUT2D eigenvalue weighted by Gasteiger charge is 2.17. The topological polar surface area (TPSA) is 37.8 Å². The summed E-state index contributed by atoms with van der Waals surface area (Å²) >= 11 is 1.91. The summed E-state index contributed by atoms with van der Waals surface area (Å²) in [5.74, 6) is 3.50. The Balaban J connectivity index is 2.79. The van der Waals surface area contributed by atoms with E-state index in [0.29, 0.717) is 5.92 Å². The summed E-state index contributed by atoms with van der Waals surface area (Å²) in [4.78, 5) is 9.42. The first-order chi connectivity index (χ1) is 9.74. The summed E-state index contributed by atoms with van der Waals surface area (Å²) < 4.78 is 0. The average molecular weight is 310 g/mol. The quantitative estimate of drug-likeness (QED) is 0.765. The number of aryl methyl sites for hydroxylation is 2. The van der Waals surface area contributed by atoms with Crippen LogP contribution in [0.25, 0.3) is 0 Å². The van der Waals surface area contributed by atoms with Crippen LogP contribution in [0.1, 0.15) is 69.7 Å². The van der Waals surface area contributed by atoms with E-state index in [1.54, 1.807) is 0 Å². The van der Waals surface area contributed by atoms with Crippen molar-refractivity contribution in [3.05, 3.63) is 22.8 Å². The Bertz CT molecular complexity index is 429. The minimum absolute atomic E-state index is 0.146. The second-order valence-electron chi connectivity index (χ2n) is 6.81. The van der Waals surface area contributed by atoms with E-state index in [0.717, 1.165) is 29.5 Å². The molecule has 1 heterocycles. The molecule has 4 heteroatoms. The Morgan fingerprint density at radius 1 is 1.14 bits per heavy atom. The molecular weight excluding hydrogens is 278 g/mol. The Morgan fingerprint density at radius 2 is 1.71 bits per heavy atom. The molecule has 1 aromatic heterocycles. The Labute approximate surface area is 134 Å². The SMILES string of the molecule is CCCSCc1nc(C)c(C(C)CNC(C)(C)C)c(C)n1. The number of aromatic nitrogens is 2. The van der Waals surface area contributed by atoms with Crippen molar-refractivity contribution in [3.63, 3.8) is 0 Å². The molecule has 0 aromatic carbocycles. The molecule has 0 saturated heterocycles. The molecule has 0 fully saturated rings. The van der Waals surface area contributed by atoms with Gasteiger partial charge in [-0.15, -0.1) is 0 Å². The monoisotopic (exact) mass is 309 g/mol. The van der Waals surface area contributed by atoms with Gasteiger partial charge in [-0.1, -0.05) is 13.8 Å². The average Bonchev–Trinajstić information content (AvgIpc) is 2.35. The Hall–Kier alpha value is -0.610. The summed E-state index contributed by atoms with van der Waals surface area (Å²) in [6, 6.07) is 0. The maximum absolute atomic E-state index is 4.71. The maximum atomic E-state index is 4.71. The molecule has 120 valence electrons. The molecule has 0 aliphatic carbocycles. The third-order valence-electron chi connectivity index (χ3n) is 3.38. The lowest BCUT2D eigenvalue weighted by Gasteiger charge is -2.25. The summed E-state index contributed by atoms with van der Waals surface area (Å²) in [7, 11) is 0. The standard InChI is InChI=1S/C17H31N3S/c1-8-9-21-11-15-19-13(3)16(14(4)20-15)12(2)10-18-17(5,6)7/h12,18H,8-11H2,1-7H3. The highest BCUT2D eigenvalue weighted by atomic mass is 32.2. The Morgan fingerprint density at radius 3 is 2.19 bits per heavy atom. The molecule has 0 aliphatic heterocycles. The first-order valence-corrected chi connectivity index (χ1v) is 9.06. The zero-order valence-corrected chi connectivity index (χ0v) is 15.5. The number of hydrogen-bond acceptors (Lipinski definition) is 4. The molecule has 1 atom stereocenters. The van der Waals surface area contributed by atoms with E-state index < -0.39 is 0 Å². The van der Waals surface area contributed by atoms with E-state index in [9.17, 15) is 0 Å². The summed E-state index contributed by atoms with van der Waals surface area (Å²) in [6.45, 7) is 16.2. The molecule has 3 nitrogen and oxygen atoms in total. The minimum Gasteiger partial charge on any atom is -0.311 e. The minimum atomic E-state index is 0.146. The molecule has 0 radical (unpaired) electrons. The molecular formula is C17H31N3S. The Kier molecular flexibility index (Phi) is 7.14. The van der Waals surface area contributed by atoms with Gasteiger partial charge in [0.15, 0.2) is 0 Å². The van der Waals surface area contributed by atoms with Gasteiger partial charge < -0.3 is 5.32 Å². The summed E-state index contributed by atoms with van der Waals surface area (Å²) in [6.07, 6.45) is 1.20. The molecule has 0 amide bonds. The lowest BCUT2D eigenvalue weighted by atomic mass is 9.96. The number of nitrogens with one attached hydrogen (secondary N) is 1. The van der Waals surface area contributed by atoms with E-state index in [-0.39, 0.29) is 5.54 Å². The zero-order chi connectivity index (χ0) is 16.0. The second kappa shape index (κ2) is 8.14. The van der Waals surface area contributed by atoms with Crippen molar-refractivity contribution in [2.24, 2.45) is 0 Å². The molecule has 1 rings (SSSR count). The van der Waals surface area contributed by atoms with Gasteiger partial charge in [0.25, 0.3) is 0 Å². The number of hydrogen-bond donors (Lipinski definition) is 1.